The number of fused-ring (bicyclic) bond motifs is 1. The highest BCUT2D eigenvalue weighted by molar-refractivity contribution is 6.30. The summed E-state index contributed by atoms with van der Waals surface area (Å²) in [4.78, 5) is 0. The van der Waals surface area contributed by atoms with Crippen molar-refractivity contribution in [3.8, 4) is 11.1 Å². The maximum Gasteiger partial charge on any atom is 0.132 e. The molecule has 0 atom stereocenters. The molecule has 1 aromatic carbocycles. The van der Waals surface area contributed by atoms with Crippen LogP contribution in [0.15, 0.2) is 30.5 Å². The van der Waals surface area contributed by atoms with E-state index in [-0.39, 0.29) is 0 Å². The van der Waals surface area contributed by atoms with Crippen molar-refractivity contribution in [2.75, 3.05) is 11.9 Å². The Morgan fingerprint density at radius 1 is 1.38 bits per heavy atom. The van der Waals surface area contributed by atoms with Gasteiger partial charge in [0.25, 0.3) is 0 Å². The molecule has 0 saturated carbocycles. The van der Waals surface area contributed by atoms with Gasteiger partial charge in [-0.1, -0.05) is 23.7 Å². The van der Waals surface area contributed by atoms with Gasteiger partial charge >= 0.3 is 0 Å². The van der Waals surface area contributed by atoms with Gasteiger partial charge in [-0.25, -0.2) is 4.68 Å². The number of anilines is 1. The molecule has 82 valence electrons. The largest absolute Gasteiger partial charge is 0.370 e. The quantitative estimate of drug-likeness (QED) is 0.821. The third-order valence-electron chi connectivity index (χ3n) is 2.81. The zero-order chi connectivity index (χ0) is 11.0. The molecule has 2 aromatic rings. The van der Waals surface area contributed by atoms with E-state index < -0.39 is 0 Å². The van der Waals surface area contributed by atoms with E-state index in [1.807, 2.05) is 29.1 Å². The lowest BCUT2D eigenvalue weighted by Crippen LogP contribution is -2.17. The minimum atomic E-state index is 0.758. The van der Waals surface area contributed by atoms with Crippen LogP contribution >= 0.6 is 11.6 Å². The maximum atomic E-state index is 6.00. The first-order valence-electron chi connectivity index (χ1n) is 5.40. The van der Waals surface area contributed by atoms with E-state index in [2.05, 4.69) is 16.5 Å². The van der Waals surface area contributed by atoms with Gasteiger partial charge in [0.2, 0.25) is 0 Å². The van der Waals surface area contributed by atoms with Crippen LogP contribution in [0.1, 0.15) is 6.42 Å². The topological polar surface area (TPSA) is 29.9 Å². The van der Waals surface area contributed by atoms with Crippen LogP contribution in [0.3, 0.4) is 0 Å². The molecule has 0 fully saturated rings. The molecule has 3 nitrogen and oxygen atoms in total. The summed E-state index contributed by atoms with van der Waals surface area (Å²) in [7, 11) is 0. The summed E-state index contributed by atoms with van der Waals surface area (Å²) in [5, 5.41) is 8.52. The van der Waals surface area contributed by atoms with Gasteiger partial charge in [-0.3, -0.25) is 0 Å². The summed E-state index contributed by atoms with van der Waals surface area (Å²) in [6.45, 7) is 2.00. The Bertz CT molecular complexity index is 519. The third-order valence-corrected chi connectivity index (χ3v) is 3.05. The Morgan fingerprint density at radius 3 is 3.19 bits per heavy atom. The van der Waals surface area contributed by atoms with Crippen LogP contribution in [0, 0.1) is 0 Å². The molecule has 0 amide bonds. The average Bonchev–Trinajstić information content (AvgIpc) is 2.72. The molecule has 3 rings (SSSR count). The fraction of sp³-hybridized carbons (Fsp3) is 0.250. The Hall–Kier alpha value is -1.48. The normalized spacial score (nSPS) is 14.3. The predicted octanol–water partition coefficient (Wildman–Crippen LogP) is 3.02. The lowest BCUT2D eigenvalue weighted by molar-refractivity contribution is 0.568. The maximum absolute atomic E-state index is 6.00. The summed E-state index contributed by atoms with van der Waals surface area (Å²) in [6.07, 6.45) is 3.03. The van der Waals surface area contributed by atoms with Crippen LogP contribution in [0.5, 0.6) is 0 Å². The molecular formula is C12H12ClN3. The Kier molecular flexibility index (Phi) is 2.33. The second-order valence-corrected chi connectivity index (χ2v) is 4.36. The Morgan fingerprint density at radius 2 is 2.31 bits per heavy atom. The van der Waals surface area contributed by atoms with Crippen molar-refractivity contribution in [2.45, 2.75) is 13.0 Å². The number of hydrogen-bond acceptors (Lipinski definition) is 2. The number of nitrogens with one attached hydrogen (secondary N) is 1. The van der Waals surface area contributed by atoms with Crippen molar-refractivity contribution >= 4 is 17.4 Å². The van der Waals surface area contributed by atoms with Gasteiger partial charge in [0.1, 0.15) is 5.82 Å². The van der Waals surface area contributed by atoms with Gasteiger partial charge in [-0.05, 0) is 24.1 Å². The molecule has 1 aliphatic heterocycles. The van der Waals surface area contributed by atoms with Gasteiger partial charge in [-0.2, -0.15) is 5.10 Å². The summed E-state index contributed by atoms with van der Waals surface area (Å²) >= 11 is 6.00. The summed E-state index contributed by atoms with van der Waals surface area (Å²) in [5.74, 6) is 1.11. The molecule has 1 aromatic heterocycles. The molecule has 0 radical (unpaired) electrons. The molecule has 0 spiro atoms. The molecule has 0 unspecified atom stereocenters. The van der Waals surface area contributed by atoms with Crippen molar-refractivity contribution in [1.82, 2.24) is 9.78 Å². The van der Waals surface area contributed by atoms with E-state index in [1.54, 1.807) is 0 Å². The zero-order valence-corrected chi connectivity index (χ0v) is 9.54. The molecule has 0 bridgehead atoms. The van der Waals surface area contributed by atoms with E-state index in [0.29, 0.717) is 0 Å². The van der Waals surface area contributed by atoms with Gasteiger partial charge < -0.3 is 5.32 Å². The van der Waals surface area contributed by atoms with Gasteiger partial charge in [-0.15, -0.1) is 0 Å². The number of rotatable bonds is 1. The molecule has 0 saturated heterocycles. The summed E-state index contributed by atoms with van der Waals surface area (Å²) in [6, 6.07) is 7.87. The highest BCUT2D eigenvalue weighted by Gasteiger charge is 2.15. The van der Waals surface area contributed by atoms with E-state index >= 15 is 0 Å². The predicted molar refractivity (Wildman–Crippen MR) is 65.8 cm³/mol. The van der Waals surface area contributed by atoms with Crippen LogP contribution < -0.4 is 5.32 Å². The van der Waals surface area contributed by atoms with Crippen molar-refractivity contribution in [3.05, 3.63) is 35.5 Å². The second-order valence-electron chi connectivity index (χ2n) is 3.92. The SMILES string of the molecule is Clc1cccc(-c2cnn3c2NCCC3)c1. The average molecular weight is 234 g/mol. The lowest BCUT2D eigenvalue weighted by atomic mass is 10.1. The minimum absolute atomic E-state index is 0.758. The van der Waals surface area contributed by atoms with Crippen LogP contribution in [-0.4, -0.2) is 16.3 Å². The fourth-order valence-electron chi connectivity index (χ4n) is 2.04. The number of aryl methyl sites for hydroxylation is 1. The van der Waals surface area contributed by atoms with E-state index in [0.717, 1.165) is 41.5 Å². The Labute approximate surface area is 99.0 Å². The van der Waals surface area contributed by atoms with Crippen LogP contribution in [0.2, 0.25) is 5.02 Å². The molecule has 4 heteroatoms. The van der Waals surface area contributed by atoms with Crippen LogP contribution in [0.25, 0.3) is 11.1 Å². The van der Waals surface area contributed by atoms with Crippen molar-refractivity contribution in [1.29, 1.82) is 0 Å². The first kappa shape index (κ1) is 9.73. The smallest absolute Gasteiger partial charge is 0.132 e. The fourth-order valence-corrected chi connectivity index (χ4v) is 2.23. The molecule has 1 N–H and O–H groups in total. The summed E-state index contributed by atoms with van der Waals surface area (Å²) < 4.78 is 2.01. The molecule has 2 heterocycles. The molecule has 1 aliphatic rings. The molecule has 0 aliphatic carbocycles. The zero-order valence-electron chi connectivity index (χ0n) is 8.78. The van der Waals surface area contributed by atoms with E-state index in [9.17, 15) is 0 Å². The number of benzene rings is 1. The van der Waals surface area contributed by atoms with Gasteiger partial charge in [0.05, 0.1) is 6.20 Å². The van der Waals surface area contributed by atoms with Crippen molar-refractivity contribution in [3.63, 3.8) is 0 Å². The van der Waals surface area contributed by atoms with Crippen molar-refractivity contribution in [2.24, 2.45) is 0 Å². The van der Waals surface area contributed by atoms with Gasteiger partial charge in [0.15, 0.2) is 0 Å². The van der Waals surface area contributed by atoms with E-state index in [1.165, 1.54) is 0 Å². The minimum Gasteiger partial charge on any atom is -0.370 e. The number of nitrogens with zero attached hydrogens (tertiary/aromatic N) is 2. The standard InChI is InChI=1S/C12H12ClN3/c13-10-4-1-3-9(7-10)11-8-15-16-6-2-5-14-12(11)16/h1,3-4,7-8,14H,2,5-6H2. The van der Waals surface area contributed by atoms with Gasteiger partial charge in [0, 0.05) is 23.7 Å². The molecule has 16 heavy (non-hydrogen) atoms. The third kappa shape index (κ3) is 1.57. The monoisotopic (exact) mass is 233 g/mol. The first-order chi connectivity index (χ1) is 7.84. The Balaban J connectivity index is 2.09. The lowest BCUT2D eigenvalue weighted by Gasteiger charge is -2.17. The number of hydrogen-bond donors (Lipinski definition) is 1. The van der Waals surface area contributed by atoms with Crippen molar-refractivity contribution < 1.29 is 0 Å². The number of halogens is 1. The number of aromatic nitrogens is 2. The highest BCUT2D eigenvalue weighted by atomic mass is 35.5. The van der Waals surface area contributed by atoms with Crippen LogP contribution in [0.4, 0.5) is 5.82 Å². The molecular weight excluding hydrogens is 222 g/mol. The second kappa shape index (κ2) is 3.83. The first-order valence-corrected chi connectivity index (χ1v) is 5.78. The van der Waals surface area contributed by atoms with E-state index in [4.69, 9.17) is 11.6 Å². The summed E-state index contributed by atoms with van der Waals surface area (Å²) in [5.41, 5.74) is 2.24. The van der Waals surface area contributed by atoms with Crippen LogP contribution in [-0.2, 0) is 6.54 Å². The highest BCUT2D eigenvalue weighted by Crippen LogP contribution is 2.30.